The number of phenolic OH excluding ortho intramolecular Hbond substituents is 1. The van der Waals surface area contributed by atoms with Crippen molar-refractivity contribution in [2.75, 3.05) is 14.2 Å². The number of fused-ring (bicyclic) bond motifs is 3. The fourth-order valence-electron chi connectivity index (χ4n) is 5.76. The number of phenols is 1. The lowest BCUT2D eigenvalue weighted by Gasteiger charge is -2.39. The predicted octanol–water partition coefficient (Wildman–Crippen LogP) is 2.96. The van der Waals surface area contributed by atoms with Crippen LogP contribution in [-0.4, -0.2) is 44.8 Å². The highest BCUT2D eigenvalue weighted by atomic mass is 127. The molecule has 2 atom stereocenters. The van der Waals surface area contributed by atoms with E-state index in [1.165, 1.54) is 35.7 Å². The van der Waals surface area contributed by atoms with Crippen LogP contribution >= 0.6 is 22.6 Å². The van der Waals surface area contributed by atoms with E-state index in [0.29, 0.717) is 17.0 Å². The third-order valence-electron chi connectivity index (χ3n) is 7.45. The van der Waals surface area contributed by atoms with Crippen molar-refractivity contribution in [2.24, 2.45) is 0 Å². The lowest BCUT2D eigenvalue weighted by molar-refractivity contribution is -0.115. The van der Waals surface area contributed by atoms with Crippen LogP contribution < -0.4 is 20.9 Å². The molecule has 39 heavy (non-hydrogen) atoms. The van der Waals surface area contributed by atoms with Gasteiger partial charge in [-0.15, -0.1) is 0 Å². The average Bonchev–Trinajstić information content (AvgIpc) is 3.20. The van der Waals surface area contributed by atoms with Crippen molar-refractivity contribution in [2.45, 2.75) is 24.9 Å². The van der Waals surface area contributed by atoms with Crippen LogP contribution in [0.5, 0.6) is 17.2 Å². The second-order valence-corrected chi connectivity index (χ2v) is 10.5. The molecule has 2 aromatic carbocycles. The quantitative estimate of drug-likeness (QED) is 0.265. The minimum Gasteiger partial charge on any atom is -0.507 e. The lowest BCUT2D eigenvalue weighted by Crippen LogP contribution is -2.40. The van der Waals surface area contributed by atoms with Crippen molar-refractivity contribution in [3.05, 3.63) is 101 Å². The number of Topliss-reactive ketones (excluding diaryl/α,β-unsaturated/α-hetero) is 1. The molecule has 3 aromatic rings. The summed E-state index contributed by atoms with van der Waals surface area (Å²) in [4.78, 5) is 54.0. The van der Waals surface area contributed by atoms with Gasteiger partial charge < -0.3 is 14.6 Å². The molecule has 2 heterocycles. The molecule has 10 nitrogen and oxygen atoms in total. The standard InChI is InChI=1S/C28H22IN3O7/c1-38-15-10-21(34)25(22(11-15)39-2)23-16-8-9-30-27(36)31(14-6-4-3-5-7-14)28(37)32(30)19(16)12-17-20(33)13-18(29)26(35)24(17)23/h3-8,10-11,13,19,23,34H,9,12H2,1-2H3. The number of carbonyl (C=O) groups is 2. The van der Waals surface area contributed by atoms with E-state index in [1.807, 2.05) is 22.6 Å². The van der Waals surface area contributed by atoms with E-state index < -0.39 is 23.3 Å². The monoisotopic (exact) mass is 639 g/mol. The van der Waals surface area contributed by atoms with Crippen LogP contribution in [0, 0.1) is 0 Å². The number of halogens is 1. The van der Waals surface area contributed by atoms with Crippen LogP contribution in [0.3, 0.4) is 0 Å². The van der Waals surface area contributed by atoms with E-state index in [0.717, 1.165) is 4.57 Å². The summed E-state index contributed by atoms with van der Waals surface area (Å²) in [6.45, 7) is 0.0627. The summed E-state index contributed by atoms with van der Waals surface area (Å²) in [7, 11) is 2.89. The Morgan fingerprint density at radius 3 is 2.44 bits per heavy atom. The zero-order chi connectivity index (χ0) is 27.6. The van der Waals surface area contributed by atoms with E-state index in [-0.39, 0.29) is 56.3 Å². The molecule has 0 bridgehead atoms. The first-order chi connectivity index (χ1) is 18.8. The topological polar surface area (TPSA) is 122 Å². The van der Waals surface area contributed by atoms with E-state index in [1.54, 1.807) is 42.5 Å². The van der Waals surface area contributed by atoms with Gasteiger partial charge >= 0.3 is 11.4 Å². The molecule has 0 saturated carbocycles. The van der Waals surface area contributed by atoms with Gasteiger partial charge in [0, 0.05) is 47.3 Å². The van der Waals surface area contributed by atoms with Gasteiger partial charge in [0.05, 0.1) is 36.1 Å². The molecule has 3 aliphatic rings. The summed E-state index contributed by atoms with van der Waals surface area (Å²) in [5.41, 5.74) is 0.724. The van der Waals surface area contributed by atoms with Crippen LogP contribution in [0.15, 0.2) is 84.5 Å². The van der Waals surface area contributed by atoms with Gasteiger partial charge in [0.25, 0.3) is 0 Å². The highest BCUT2D eigenvalue weighted by Crippen LogP contribution is 2.54. The Labute approximate surface area is 235 Å². The number of ketones is 2. The van der Waals surface area contributed by atoms with Gasteiger partial charge in [-0.05, 0) is 40.3 Å². The van der Waals surface area contributed by atoms with E-state index in [2.05, 4.69) is 0 Å². The zero-order valence-electron chi connectivity index (χ0n) is 20.9. The summed E-state index contributed by atoms with van der Waals surface area (Å²) in [5.74, 6) is -1.16. The van der Waals surface area contributed by atoms with Crippen molar-refractivity contribution >= 4 is 34.2 Å². The van der Waals surface area contributed by atoms with Gasteiger partial charge in [-0.25, -0.2) is 23.5 Å². The Kier molecular flexibility index (Phi) is 5.97. The van der Waals surface area contributed by atoms with Gasteiger partial charge in [0.2, 0.25) is 0 Å². The van der Waals surface area contributed by atoms with Crippen molar-refractivity contribution < 1.29 is 24.2 Å². The minimum absolute atomic E-state index is 0.0417. The second kappa shape index (κ2) is 9.26. The largest absolute Gasteiger partial charge is 0.507 e. The minimum atomic E-state index is -0.898. The van der Waals surface area contributed by atoms with Gasteiger partial charge in [-0.3, -0.25) is 9.59 Å². The van der Waals surface area contributed by atoms with Gasteiger partial charge in [0.1, 0.15) is 17.2 Å². The molecule has 1 N–H and O–H groups in total. The maximum absolute atomic E-state index is 13.8. The molecule has 0 amide bonds. The van der Waals surface area contributed by atoms with Crippen molar-refractivity contribution in [1.29, 1.82) is 0 Å². The SMILES string of the molecule is COc1cc(O)c(C2C3=CCn4c(=O)n(-c5ccccc5)c(=O)n4C3CC3=C2C(=O)C(I)=CC3=O)c(OC)c1. The number of methoxy groups -OCH3 is 2. The van der Waals surface area contributed by atoms with Crippen LogP contribution in [-0.2, 0) is 16.1 Å². The molecule has 6 rings (SSSR count). The van der Waals surface area contributed by atoms with Gasteiger partial charge in [0.15, 0.2) is 11.6 Å². The first-order valence-corrected chi connectivity index (χ1v) is 13.2. The van der Waals surface area contributed by atoms with E-state index in [9.17, 15) is 24.3 Å². The molecule has 198 valence electrons. The molecular weight excluding hydrogens is 617 g/mol. The zero-order valence-corrected chi connectivity index (χ0v) is 23.0. The smallest absolute Gasteiger partial charge is 0.352 e. The Morgan fingerprint density at radius 1 is 1.00 bits per heavy atom. The number of benzene rings is 2. The molecule has 1 aliphatic heterocycles. The van der Waals surface area contributed by atoms with Crippen molar-refractivity contribution in [1.82, 2.24) is 13.9 Å². The predicted molar refractivity (Wildman–Crippen MR) is 149 cm³/mol. The molecule has 0 fully saturated rings. The van der Waals surface area contributed by atoms with Crippen LogP contribution in [0.4, 0.5) is 0 Å². The fraction of sp³-hybridized carbons (Fsp3) is 0.214. The van der Waals surface area contributed by atoms with Crippen molar-refractivity contribution in [3.63, 3.8) is 0 Å². The first kappa shape index (κ1) is 25.2. The highest BCUT2D eigenvalue weighted by Gasteiger charge is 2.46. The number of hydrogen-bond acceptors (Lipinski definition) is 7. The molecule has 0 saturated heterocycles. The summed E-state index contributed by atoms with van der Waals surface area (Å²) in [6, 6.07) is 10.9. The van der Waals surface area contributed by atoms with E-state index in [4.69, 9.17) is 9.47 Å². The molecule has 2 unspecified atom stereocenters. The summed E-state index contributed by atoms with van der Waals surface area (Å²) < 4.78 is 14.9. The Morgan fingerprint density at radius 2 is 1.74 bits per heavy atom. The average molecular weight is 639 g/mol. The highest BCUT2D eigenvalue weighted by molar-refractivity contribution is 14.1. The van der Waals surface area contributed by atoms with Crippen LogP contribution in [0.1, 0.15) is 23.9 Å². The fourth-order valence-corrected chi connectivity index (χ4v) is 6.34. The summed E-state index contributed by atoms with van der Waals surface area (Å²) >= 11 is 1.84. The van der Waals surface area contributed by atoms with Crippen LogP contribution in [0.25, 0.3) is 5.69 Å². The van der Waals surface area contributed by atoms with Gasteiger partial charge in [-0.1, -0.05) is 24.3 Å². The van der Waals surface area contributed by atoms with Crippen LogP contribution in [0.2, 0.25) is 0 Å². The molecule has 2 aliphatic carbocycles. The Balaban J connectivity index is 1.63. The number of ether oxygens (including phenoxy) is 2. The maximum atomic E-state index is 13.8. The number of hydrogen-bond donors (Lipinski definition) is 1. The third kappa shape index (κ3) is 3.67. The molecule has 11 heteroatoms. The van der Waals surface area contributed by atoms with Gasteiger partial charge in [-0.2, -0.15) is 0 Å². The Hall–Kier alpha value is -4.13. The Bertz CT molecular complexity index is 1790. The number of allylic oxidation sites excluding steroid dienone is 6. The number of aromatic hydroxyl groups is 1. The lowest BCUT2D eigenvalue weighted by atomic mass is 9.68. The summed E-state index contributed by atoms with van der Waals surface area (Å²) in [5, 5.41) is 11.2. The third-order valence-corrected chi connectivity index (χ3v) is 8.25. The molecule has 0 spiro atoms. The normalized spacial score (nSPS) is 20.1. The first-order valence-electron chi connectivity index (χ1n) is 12.1. The number of nitrogens with zero attached hydrogens (tertiary/aromatic N) is 3. The van der Waals surface area contributed by atoms with Crippen molar-refractivity contribution in [3.8, 4) is 22.9 Å². The summed E-state index contributed by atoms with van der Waals surface area (Å²) in [6.07, 6.45) is 3.12. The molecular formula is C28H22IN3O7. The number of carbonyl (C=O) groups excluding carboxylic acids is 2. The number of para-hydroxylation sites is 1. The van der Waals surface area contributed by atoms with E-state index >= 15 is 0 Å². The molecule has 0 radical (unpaired) electrons. The molecule has 1 aromatic heterocycles. The number of rotatable bonds is 4. The number of aromatic nitrogens is 3. The maximum Gasteiger partial charge on any atom is 0.352 e. The second-order valence-electron chi connectivity index (χ2n) is 9.36.